The lowest BCUT2D eigenvalue weighted by Gasteiger charge is -2.19. The minimum atomic E-state index is -0.654. The first-order valence-electron chi connectivity index (χ1n) is 9.94. The number of carbonyl (C=O) groups is 3. The first kappa shape index (κ1) is 20.6. The number of imide groups is 1. The van der Waals surface area contributed by atoms with E-state index in [0.29, 0.717) is 11.3 Å². The van der Waals surface area contributed by atoms with Gasteiger partial charge < -0.3 is 19.4 Å². The van der Waals surface area contributed by atoms with Crippen LogP contribution < -0.4 is 10.2 Å². The van der Waals surface area contributed by atoms with Gasteiger partial charge in [-0.15, -0.1) is 0 Å². The normalized spacial score (nSPS) is 17.6. The van der Waals surface area contributed by atoms with E-state index in [4.69, 9.17) is 4.42 Å². The number of rotatable bonds is 5. The van der Waals surface area contributed by atoms with Gasteiger partial charge in [0.1, 0.15) is 17.3 Å². The molecule has 1 aromatic carbocycles. The molecule has 2 aromatic rings. The van der Waals surface area contributed by atoms with Crippen molar-refractivity contribution in [1.29, 1.82) is 0 Å². The minimum absolute atomic E-state index is 0.0236. The standard InChI is InChI=1S/C22H22FN3O5/c1-13-9-18(25-7-3-4-8-25)16(23)10-14(13)11-17-20(27)26(22(29)24-17)12-15-5-6-19(31-15)21(28)30-2/h5-6,9-11H,3-4,7-8,12H2,1-2H3,(H,24,29)/b17-11-. The Morgan fingerprint density at radius 3 is 2.71 bits per heavy atom. The number of amides is 3. The lowest BCUT2D eigenvalue weighted by molar-refractivity contribution is -0.123. The highest BCUT2D eigenvalue weighted by Crippen LogP contribution is 2.28. The van der Waals surface area contributed by atoms with Gasteiger partial charge in [-0.1, -0.05) is 0 Å². The monoisotopic (exact) mass is 427 g/mol. The van der Waals surface area contributed by atoms with E-state index < -0.39 is 17.9 Å². The molecule has 0 atom stereocenters. The van der Waals surface area contributed by atoms with Crippen molar-refractivity contribution in [3.63, 3.8) is 0 Å². The summed E-state index contributed by atoms with van der Waals surface area (Å²) in [6.07, 6.45) is 3.54. The van der Waals surface area contributed by atoms with Crippen LogP contribution in [0, 0.1) is 12.7 Å². The quantitative estimate of drug-likeness (QED) is 0.448. The Hall–Kier alpha value is -3.62. The Morgan fingerprint density at radius 2 is 2.00 bits per heavy atom. The van der Waals surface area contributed by atoms with E-state index in [0.717, 1.165) is 36.4 Å². The summed E-state index contributed by atoms with van der Waals surface area (Å²) in [5.74, 6) is -1.35. The molecule has 31 heavy (non-hydrogen) atoms. The number of halogens is 1. The number of ether oxygens (including phenoxy) is 1. The van der Waals surface area contributed by atoms with Gasteiger partial charge in [-0.3, -0.25) is 9.69 Å². The molecule has 2 fully saturated rings. The SMILES string of the molecule is COC(=O)c1ccc(CN2C(=O)N/C(=C\c3cc(F)c(N4CCCC4)cc3C)C2=O)o1. The average molecular weight is 427 g/mol. The summed E-state index contributed by atoms with van der Waals surface area (Å²) in [5, 5.41) is 2.51. The van der Waals surface area contributed by atoms with Crippen LogP contribution in [0.25, 0.3) is 6.08 Å². The van der Waals surface area contributed by atoms with Crippen molar-refractivity contribution in [2.24, 2.45) is 0 Å². The fourth-order valence-corrected chi connectivity index (χ4v) is 3.74. The summed E-state index contributed by atoms with van der Waals surface area (Å²) in [7, 11) is 1.22. The molecule has 8 nitrogen and oxygen atoms in total. The number of anilines is 1. The van der Waals surface area contributed by atoms with Crippen molar-refractivity contribution in [3.8, 4) is 0 Å². The number of methoxy groups -OCH3 is 1. The molecule has 3 heterocycles. The molecule has 2 aliphatic heterocycles. The molecular weight excluding hydrogens is 405 g/mol. The fraction of sp³-hybridized carbons (Fsp3) is 0.318. The number of benzene rings is 1. The van der Waals surface area contributed by atoms with E-state index in [-0.39, 0.29) is 29.6 Å². The molecule has 1 aromatic heterocycles. The van der Waals surface area contributed by atoms with E-state index in [9.17, 15) is 18.8 Å². The maximum Gasteiger partial charge on any atom is 0.373 e. The largest absolute Gasteiger partial charge is 0.463 e. The van der Waals surface area contributed by atoms with E-state index in [1.54, 1.807) is 6.07 Å². The van der Waals surface area contributed by atoms with Gasteiger partial charge in [0.25, 0.3) is 5.91 Å². The second-order valence-corrected chi connectivity index (χ2v) is 7.49. The first-order valence-corrected chi connectivity index (χ1v) is 9.94. The van der Waals surface area contributed by atoms with Crippen LogP contribution in [0.1, 0.15) is 40.3 Å². The second-order valence-electron chi connectivity index (χ2n) is 7.49. The predicted octanol–water partition coefficient (Wildman–Crippen LogP) is 3.21. The van der Waals surface area contributed by atoms with E-state index in [2.05, 4.69) is 10.1 Å². The predicted molar refractivity (Wildman–Crippen MR) is 110 cm³/mol. The zero-order valence-electron chi connectivity index (χ0n) is 17.2. The van der Waals surface area contributed by atoms with Crippen LogP contribution in [-0.2, 0) is 16.1 Å². The number of aryl methyl sites for hydroxylation is 1. The van der Waals surface area contributed by atoms with Crippen LogP contribution in [0.15, 0.2) is 34.4 Å². The van der Waals surface area contributed by atoms with Gasteiger partial charge in [0.05, 0.1) is 19.3 Å². The van der Waals surface area contributed by atoms with Crippen molar-refractivity contribution in [2.75, 3.05) is 25.1 Å². The van der Waals surface area contributed by atoms with Gasteiger partial charge >= 0.3 is 12.0 Å². The number of nitrogens with zero attached hydrogens (tertiary/aromatic N) is 2. The molecule has 0 radical (unpaired) electrons. The summed E-state index contributed by atoms with van der Waals surface area (Å²) in [6.45, 7) is 3.33. The maximum absolute atomic E-state index is 14.7. The van der Waals surface area contributed by atoms with Gasteiger partial charge in [0.15, 0.2) is 0 Å². The number of nitrogens with one attached hydrogen (secondary N) is 1. The van der Waals surface area contributed by atoms with Crippen molar-refractivity contribution >= 4 is 29.7 Å². The number of esters is 1. The van der Waals surface area contributed by atoms with Gasteiger partial charge in [-0.05, 0) is 61.2 Å². The van der Waals surface area contributed by atoms with E-state index in [1.165, 1.54) is 31.4 Å². The van der Waals surface area contributed by atoms with Crippen LogP contribution in [-0.4, -0.2) is 43.0 Å². The third-order valence-corrected chi connectivity index (χ3v) is 5.41. The smallest absolute Gasteiger partial charge is 0.373 e. The summed E-state index contributed by atoms with van der Waals surface area (Å²) in [4.78, 5) is 39.5. The summed E-state index contributed by atoms with van der Waals surface area (Å²) in [5.41, 5.74) is 1.91. The molecule has 0 spiro atoms. The van der Waals surface area contributed by atoms with Gasteiger partial charge in [-0.25, -0.2) is 14.0 Å². The number of hydrogen-bond donors (Lipinski definition) is 1. The minimum Gasteiger partial charge on any atom is -0.463 e. The molecule has 0 aliphatic carbocycles. The summed E-state index contributed by atoms with van der Waals surface area (Å²) >= 11 is 0. The lowest BCUT2D eigenvalue weighted by Crippen LogP contribution is -2.30. The topological polar surface area (TPSA) is 92.1 Å². The Balaban J connectivity index is 1.53. The molecule has 0 unspecified atom stereocenters. The number of hydrogen-bond acceptors (Lipinski definition) is 6. The summed E-state index contributed by atoms with van der Waals surface area (Å²) in [6, 6.07) is 5.42. The molecule has 2 saturated heterocycles. The Morgan fingerprint density at radius 1 is 1.26 bits per heavy atom. The highest BCUT2D eigenvalue weighted by atomic mass is 19.1. The molecule has 1 N–H and O–H groups in total. The van der Waals surface area contributed by atoms with Gasteiger partial charge in [0.2, 0.25) is 5.76 Å². The molecule has 2 aliphatic rings. The lowest BCUT2D eigenvalue weighted by atomic mass is 10.1. The molecule has 0 saturated carbocycles. The molecule has 162 valence electrons. The average Bonchev–Trinajstić information content (AvgIpc) is 3.49. The number of urea groups is 1. The van der Waals surface area contributed by atoms with Crippen LogP contribution >= 0.6 is 0 Å². The van der Waals surface area contributed by atoms with Crippen LogP contribution in [0.5, 0.6) is 0 Å². The summed E-state index contributed by atoms with van der Waals surface area (Å²) < 4.78 is 24.6. The van der Waals surface area contributed by atoms with Gasteiger partial charge in [0, 0.05) is 13.1 Å². The molecule has 3 amide bonds. The third-order valence-electron chi connectivity index (χ3n) is 5.41. The molecule has 0 bridgehead atoms. The Kier molecular flexibility index (Phi) is 5.50. The zero-order chi connectivity index (χ0) is 22.1. The molecule has 9 heteroatoms. The highest BCUT2D eigenvalue weighted by molar-refractivity contribution is 6.14. The van der Waals surface area contributed by atoms with Crippen molar-refractivity contribution in [3.05, 3.63) is 58.4 Å². The Bertz CT molecular complexity index is 1080. The van der Waals surface area contributed by atoms with Crippen LogP contribution in [0.4, 0.5) is 14.9 Å². The number of furan rings is 1. The van der Waals surface area contributed by atoms with Crippen LogP contribution in [0.2, 0.25) is 0 Å². The van der Waals surface area contributed by atoms with Crippen LogP contribution in [0.3, 0.4) is 0 Å². The zero-order valence-corrected chi connectivity index (χ0v) is 17.2. The highest BCUT2D eigenvalue weighted by Gasteiger charge is 2.34. The van der Waals surface area contributed by atoms with E-state index >= 15 is 0 Å². The van der Waals surface area contributed by atoms with Crippen molar-refractivity contribution in [1.82, 2.24) is 10.2 Å². The van der Waals surface area contributed by atoms with Crippen molar-refractivity contribution in [2.45, 2.75) is 26.3 Å². The van der Waals surface area contributed by atoms with E-state index in [1.807, 2.05) is 11.8 Å². The fourth-order valence-electron chi connectivity index (χ4n) is 3.74. The van der Waals surface area contributed by atoms with Gasteiger partial charge in [-0.2, -0.15) is 0 Å². The number of carbonyl (C=O) groups excluding carboxylic acids is 3. The maximum atomic E-state index is 14.7. The molecule has 4 rings (SSSR count). The first-order chi connectivity index (χ1) is 14.9. The Labute approximate surface area is 178 Å². The third kappa shape index (κ3) is 4.03. The molecular formula is C22H22FN3O5. The second kappa shape index (κ2) is 8.25. The van der Waals surface area contributed by atoms with Crippen molar-refractivity contribution < 1.29 is 27.9 Å².